The molecule has 23 heavy (non-hydrogen) atoms. The van der Waals surface area contributed by atoms with Gasteiger partial charge in [-0.25, -0.2) is 0 Å². The van der Waals surface area contributed by atoms with Crippen LogP contribution in [0.3, 0.4) is 0 Å². The summed E-state index contributed by atoms with van der Waals surface area (Å²) in [5, 5.41) is 6.88. The summed E-state index contributed by atoms with van der Waals surface area (Å²) in [5.41, 5.74) is 0.969. The first-order chi connectivity index (χ1) is 11.2. The monoisotopic (exact) mass is 316 g/mol. The maximum atomic E-state index is 12.2. The van der Waals surface area contributed by atoms with E-state index < -0.39 is 0 Å². The summed E-state index contributed by atoms with van der Waals surface area (Å²) in [6.07, 6.45) is 4.38. The first-order valence-corrected chi connectivity index (χ1v) is 7.71. The molecule has 1 saturated carbocycles. The predicted molar refractivity (Wildman–Crippen MR) is 84.8 cm³/mol. The van der Waals surface area contributed by atoms with Gasteiger partial charge >= 0.3 is 0 Å². The number of nitrogens with one attached hydrogen (secondary N) is 1. The standard InChI is InChI=1S/C17H20N2O4/c1-21-12-7-8-15(22-2)13(9-12)16-10-14(19-23-16)17(20)18-11-5-3-4-6-11/h7-11H,3-6H2,1-2H3,(H,18,20). The Morgan fingerprint density at radius 2 is 2.00 bits per heavy atom. The molecule has 2 aromatic rings. The number of rotatable bonds is 5. The Labute approximate surface area is 134 Å². The quantitative estimate of drug-likeness (QED) is 0.918. The highest BCUT2D eigenvalue weighted by Gasteiger charge is 2.21. The minimum Gasteiger partial charge on any atom is -0.497 e. The van der Waals surface area contributed by atoms with Crippen LogP contribution in [0.15, 0.2) is 28.8 Å². The molecule has 6 heteroatoms. The minimum atomic E-state index is -0.200. The van der Waals surface area contributed by atoms with Gasteiger partial charge in [0.25, 0.3) is 5.91 Å². The zero-order valence-electron chi connectivity index (χ0n) is 13.3. The molecule has 1 fully saturated rings. The summed E-state index contributed by atoms with van der Waals surface area (Å²) in [6, 6.07) is 7.25. The molecule has 6 nitrogen and oxygen atoms in total. The lowest BCUT2D eigenvalue weighted by Crippen LogP contribution is -2.32. The third kappa shape index (κ3) is 3.31. The van der Waals surface area contributed by atoms with Crippen molar-refractivity contribution >= 4 is 5.91 Å². The number of aromatic nitrogens is 1. The second kappa shape index (κ2) is 6.73. The van der Waals surface area contributed by atoms with Crippen molar-refractivity contribution in [1.29, 1.82) is 0 Å². The van der Waals surface area contributed by atoms with Gasteiger partial charge in [-0.2, -0.15) is 0 Å². The van der Waals surface area contributed by atoms with E-state index in [2.05, 4.69) is 10.5 Å². The number of benzene rings is 1. The molecule has 0 atom stereocenters. The third-order valence-electron chi connectivity index (χ3n) is 4.11. The van der Waals surface area contributed by atoms with Crippen LogP contribution in [0.25, 0.3) is 11.3 Å². The summed E-state index contributed by atoms with van der Waals surface area (Å²) in [5.74, 6) is 1.57. The Balaban J connectivity index is 1.82. The molecule has 0 bridgehead atoms. The number of carbonyl (C=O) groups excluding carboxylic acids is 1. The number of hydrogen-bond donors (Lipinski definition) is 1. The van der Waals surface area contributed by atoms with Crippen molar-refractivity contribution in [3.05, 3.63) is 30.0 Å². The number of amides is 1. The topological polar surface area (TPSA) is 73.6 Å². The summed E-state index contributed by atoms with van der Waals surface area (Å²) >= 11 is 0. The zero-order chi connectivity index (χ0) is 16.2. The smallest absolute Gasteiger partial charge is 0.273 e. The Morgan fingerprint density at radius 3 is 2.70 bits per heavy atom. The summed E-state index contributed by atoms with van der Waals surface area (Å²) in [6.45, 7) is 0. The molecule has 1 aromatic heterocycles. The van der Waals surface area contributed by atoms with Crippen molar-refractivity contribution in [3.8, 4) is 22.8 Å². The SMILES string of the molecule is COc1ccc(OC)c(-c2cc(C(=O)NC3CCCC3)no2)c1. The van der Waals surface area contributed by atoms with Crippen LogP contribution < -0.4 is 14.8 Å². The molecule has 1 heterocycles. The Bertz CT molecular complexity index is 690. The van der Waals surface area contributed by atoms with E-state index in [1.807, 2.05) is 0 Å². The normalized spacial score (nSPS) is 14.7. The van der Waals surface area contributed by atoms with Gasteiger partial charge < -0.3 is 19.3 Å². The highest BCUT2D eigenvalue weighted by atomic mass is 16.5. The largest absolute Gasteiger partial charge is 0.497 e. The zero-order valence-corrected chi connectivity index (χ0v) is 13.3. The number of ether oxygens (including phenoxy) is 2. The van der Waals surface area contributed by atoms with Crippen LogP contribution in [-0.4, -0.2) is 31.3 Å². The molecule has 3 rings (SSSR count). The van der Waals surface area contributed by atoms with Crippen LogP contribution in [0.5, 0.6) is 11.5 Å². The van der Waals surface area contributed by atoms with E-state index in [4.69, 9.17) is 14.0 Å². The van der Waals surface area contributed by atoms with Crippen LogP contribution in [-0.2, 0) is 0 Å². The lowest BCUT2D eigenvalue weighted by molar-refractivity contribution is 0.0929. The van der Waals surface area contributed by atoms with Crippen molar-refractivity contribution in [2.45, 2.75) is 31.7 Å². The molecule has 0 unspecified atom stereocenters. The number of carbonyl (C=O) groups is 1. The van der Waals surface area contributed by atoms with Crippen molar-refractivity contribution in [3.63, 3.8) is 0 Å². The fourth-order valence-corrected chi connectivity index (χ4v) is 2.85. The maximum Gasteiger partial charge on any atom is 0.273 e. The van der Waals surface area contributed by atoms with Gasteiger partial charge in [0, 0.05) is 12.1 Å². The van der Waals surface area contributed by atoms with Gasteiger partial charge in [-0.1, -0.05) is 18.0 Å². The van der Waals surface area contributed by atoms with E-state index in [0.29, 0.717) is 22.8 Å². The van der Waals surface area contributed by atoms with Crippen molar-refractivity contribution in [1.82, 2.24) is 10.5 Å². The van der Waals surface area contributed by atoms with Gasteiger partial charge in [0.15, 0.2) is 11.5 Å². The fraction of sp³-hybridized carbons (Fsp3) is 0.412. The lowest BCUT2D eigenvalue weighted by atomic mass is 10.1. The average molecular weight is 316 g/mol. The van der Waals surface area contributed by atoms with Crippen LogP contribution in [0.2, 0.25) is 0 Å². The van der Waals surface area contributed by atoms with E-state index in [1.165, 1.54) is 0 Å². The van der Waals surface area contributed by atoms with E-state index >= 15 is 0 Å². The molecule has 0 saturated heterocycles. The van der Waals surface area contributed by atoms with E-state index in [1.54, 1.807) is 38.5 Å². The highest BCUT2D eigenvalue weighted by Crippen LogP contribution is 2.33. The molecular weight excluding hydrogens is 296 g/mol. The summed E-state index contributed by atoms with van der Waals surface area (Å²) < 4.78 is 15.9. The van der Waals surface area contributed by atoms with Gasteiger partial charge in [-0.15, -0.1) is 0 Å². The van der Waals surface area contributed by atoms with Crippen molar-refractivity contribution in [2.24, 2.45) is 0 Å². The van der Waals surface area contributed by atoms with Gasteiger partial charge in [0.05, 0.1) is 19.8 Å². The summed E-state index contributed by atoms with van der Waals surface area (Å²) in [4.78, 5) is 12.2. The molecule has 1 N–H and O–H groups in total. The second-order valence-electron chi connectivity index (χ2n) is 5.60. The molecule has 0 radical (unpaired) electrons. The molecule has 1 aliphatic carbocycles. The van der Waals surface area contributed by atoms with Gasteiger partial charge in [-0.3, -0.25) is 4.79 Å². The van der Waals surface area contributed by atoms with Gasteiger partial charge in [0.1, 0.15) is 11.5 Å². The second-order valence-corrected chi connectivity index (χ2v) is 5.60. The molecule has 0 aliphatic heterocycles. The van der Waals surface area contributed by atoms with E-state index in [-0.39, 0.29) is 17.6 Å². The Kier molecular flexibility index (Phi) is 4.50. The maximum absolute atomic E-state index is 12.2. The number of nitrogens with zero attached hydrogens (tertiary/aromatic N) is 1. The molecule has 0 spiro atoms. The predicted octanol–water partition coefficient (Wildman–Crippen LogP) is 3.03. The van der Waals surface area contributed by atoms with Crippen LogP contribution >= 0.6 is 0 Å². The Morgan fingerprint density at radius 1 is 1.22 bits per heavy atom. The first-order valence-electron chi connectivity index (χ1n) is 7.71. The molecule has 1 amide bonds. The van der Waals surface area contributed by atoms with E-state index in [9.17, 15) is 4.79 Å². The van der Waals surface area contributed by atoms with Gasteiger partial charge in [0.2, 0.25) is 0 Å². The first kappa shape index (κ1) is 15.4. The number of hydrogen-bond acceptors (Lipinski definition) is 5. The third-order valence-corrected chi connectivity index (χ3v) is 4.11. The molecular formula is C17H20N2O4. The fourth-order valence-electron chi connectivity index (χ4n) is 2.85. The molecule has 122 valence electrons. The average Bonchev–Trinajstić information content (AvgIpc) is 3.25. The Hall–Kier alpha value is -2.50. The lowest BCUT2D eigenvalue weighted by Gasteiger charge is -2.09. The summed E-state index contributed by atoms with van der Waals surface area (Å²) in [7, 11) is 3.17. The molecule has 1 aliphatic rings. The van der Waals surface area contributed by atoms with E-state index in [0.717, 1.165) is 25.7 Å². The molecule has 1 aromatic carbocycles. The van der Waals surface area contributed by atoms with Gasteiger partial charge in [-0.05, 0) is 31.0 Å². The van der Waals surface area contributed by atoms with Crippen LogP contribution in [0.1, 0.15) is 36.2 Å². The van der Waals surface area contributed by atoms with Crippen LogP contribution in [0.4, 0.5) is 0 Å². The van der Waals surface area contributed by atoms with Crippen molar-refractivity contribution in [2.75, 3.05) is 14.2 Å². The minimum absolute atomic E-state index is 0.200. The highest BCUT2D eigenvalue weighted by molar-refractivity contribution is 5.93. The number of methoxy groups -OCH3 is 2. The van der Waals surface area contributed by atoms with Crippen LogP contribution in [0, 0.1) is 0 Å². The van der Waals surface area contributed by atoms with Crippen molar-refractivity contribution < 1.29 is 18.8 Å².